The van der Waals surface area contributed by atoms with Gasteiger partial charge in [0.25, 0.3) is 0 Å². The van der Waals surface area contributed by atoms with Gasteiger partial charge >= 0.3 is 0 Å². The first-order valence-corrected chi connectivity index (χ1v) is 6.04. The Labute approximate surface area is 115 Å². The Morgan fingerprint density at radius 2 is 1.83 bits per heavy atom. The number of hydrogen-bond acceptors (Lipinski definition) is 2. The van der Waals surface area contributed by atoms with E-state index >= 15 is 0 Å². The maximum absolute atomic E-state index is 12.9. The maximum atomic E-state index is 12.9. The zero-order valence-corrected chi connectivity index (χ0v) is 10.9. The Hall–Kier alpha value is -1.45. The Bertz CT molecular complexity index is 573. The van der Waals surface area contributed by atoms with Crippen LogP contribution < -0.4 is 11.1 Å². The van der Waals surface area contributed by atoms with Crippen LogP contribution in [0.4, 0.5) is 15.8 Å². The summed E-state index contributed by atoms with van der Waals surface area (Å²) in [5.74, 6) is -0.354. The molecule has 0 aliphatic carbocycles. The molecular formula is C13H11Cl2FN2. The molecule has 94 valence electrons. The molecule has 0 atom stereocenters. The third-order valence-corrected chi connectivity index (χ3v) is 3.22. The van der Waals surface area contributed by atoms with Crippen LogP contribution in [0.2, 0.25) is 10.0 Å². The summed E-state index contributed by atoms with van der Waals surface area (Å²) in [4.78, 5) is 0. The molecule has 0 amide bonds. The number of nitrogens with two attached hydrogens (primary N) is 1. The highest BCUT2D eigenvalue weighted by Crippen LogP contribution is 2.24. The summed E-state index contributed by atoms with van der Waals surface area (Å²) in [6, 6.07) is 9.60. The number of nitrogens with one attached hydrogen (secondary N) is 1. The van der Waals surface area contributed by atoms with E-state index in [1.807, 2.05) is 6.07 Å². The summed E-state index contributed by atoms with van der Waals surface area (Å²) in [6.45, 7) is 0.534. The van der Waals surface area contributed by atoms with Gasteiger partial charge in [0.2, 0.25) is 0 Å². The molecule has 2 aromatic rings. The second kappa shape index (κ2) is 5.46. The summed E-state index contributed by atoms with van der Waals surface area (Å²) < 4.78 is 12.9. The highest BCUT2D eigenvalue weighted by molar-refractivity contribution is 6.42. The van der Waals surface area contributed by atoms with Crippen LogP contribution in [0.1, 0.15) is 5.56 Å². The average molecular weight is 285 g/mol. The summed E-state index contributed by atoms with van der Waals surface area (Å²) >= 11 is 11.7. The highest BCUT2D eigenvalue weighted by Gasteiger charge is 2.02. The van der Waals surface area contributed by atoms with Gasteiger partial charge in [0.1, 0.15) is 5.82 Å². The summed E-state index contributed by atoms with van der Waals surface area (Å²) in [6.07, 6.45) is 0. The predicted octanol–water partition coefficient (Wildman–Crippen LogP) is 4.33. The van der Waals surface area contributed by atoms with Crippen molar-refractivity contribution in [2.75, 3.05) is 11.1 Å². The van der Waals surface area contributed by atoms with Crippen LogP contribution in [0, 0.1) is 5.82 Å². The minimum atomic E-state index is -0.354. The zero-order valence-electron chi connectivity index (χ0n) is 9.38. The molecule has 0 aliphatic rings. The van der Waals surface area contributed by atoms with Gasteiger partial charge in [0.05, 0.1) is 21.4 Å². The second-order valence-corrected chi connectivity index (χ2v) is 4.65. The molecule has 0 radical (unpaired) electrons. The van der Waals surface area contributed by atoms with Crippen molar-refractivity contribution in [3.8, 4) is 0 Å². The van der Waals surface area contributed by atoms with Gasteiger partial charge in [-0.15, -0.1) is 0 Å². The number of halogens is 3. The predicted molar refractivity (Wildman–Crippen MR) is 74.6 cm³/mol. The molecule has 0 bridgehead atoms. The third-order valence-electron chi connectivity index (χ3n) is 2.48. The Morgan fingerprint density at radius 3 is 2.50 bits per heavy atom. The molecule has 0 saturated heterocycles. The van der Waals surface area contributed by atoms with E-state index in [9.17, 15) is 4.39 Å². The van der Waals surface area contributed by atoms with E-state index < -0.39 is 0 Å². The first-order valence-electron chi connectivity index (χ1n) is 5.29. The van der Waals surface area contributed by atoms with E-state index in [1.165, 1.54) is 12.1 Å². The Kier molecular flexibility index (Phi) is 3.94. The quantitative estimate of drug-likeness (QED) is 0.824. The number of hydrogen-bond donors (Lipinski definition) is 2. The van der Waals surface area contributed by atoms with Crippen LogP contribution in [0.3, 0.4) is 0 Å². The molecule has 2 aromatic carbocycles. The lowest BCUT2D eigenvalue weighted by molar-refractivity contribution is 0.628. The molecule has 0 aromatic heterocycles. The SMILES string of the molecule is Nc1cc(F)ccc1NCc1ccc(Cl)c(Cl)c1. The van der Waals surface area contributed by atoms with Gasteiger partial charge in [-0.05, 0) is 35.9 Å². The van der Waals surface area contributed by atoms with Crippen LogP contribution in [0.15, 0.2) is 36.4 Å². The first kappa shape index (κ1) is 13.0. The van der Waals surface area contributed by atoms with Gasteiger partial charge in [0, 0.05) is 6.54 Å². The molecule has 5 heteroatoms. The van der Waals surface area contributed by atoms with E-state index in [2.05, 4.69) is 5.32 Å². The van der Waals surface area contributed by atoms with Crippen LogP contribution in [0.25, 0.3) is 0 Å². The van der Waals surface area contributed by atoms with Crippen molar-refractivity contribution in [1.82, 2.24) is 0 Å². The van der Waals surface area contributed by atoms with Gasteiger partial charge in [0.15, 0.2) is 0 Å². The fourth-order valence-electron chi connectivity index (χ4n) is 1.54. The molecular weight excluding hydrogens is 274 g/mol. The largest absolute Gasteiger partial charge is 0.397 e. The normalized spacial score (nSPS) is 10.4. The molecule has 0 heterocycles. The monoisotopic (exact) mass is 284 g/mol. The Balaban J connectivity index is 2.09. The van der Waals surface area contributed by atoms with Gasteiger partial charge in [-0.25, -0.2) is 4.39 Å². The minimum Gasteiger partial charge on any atom is -0.397 e. The van der Waals surface area contributed by atoms with Crippen molar-refractivity contribution in [1.29, 1.82) is 0 Å². The average Bonchev–Trinajstić information content (AvgIpc) is 2.32. The number of nitrogen functional groups attached to an aromatic ring is 1. The van der Waals surface area contributed by atoms with Gasteiger partial charge in [-0.1, -0.05) is 29.3 Å². The molecule has 18 heavy (non-hydrogen) atoms. The maximum Gasteiger partial charge on any atom is 0.125 e. The lowest BCUT2D eigenvalue weighted by Crippen LogP contribution is -2.02. The number of rotatable bonds is 3. The van der Waals surface area contributed by atoms with Crippen LogP contribution in [-0.4, -0.2) is 0 Å². The van der Waals surface area contributed by atoms with Gasteiger partial charge in [-0.2, -0.15) is 0 Å². The van der Waals surface area contributed by atoms with Crippen molar-refractivity contribution in [3.63, 3.8) is 0 Å². The van der Waals surface area contributed by atoms with Crippen LogP contribution in [-0.2, 0) is 6.54 Å². The molecule has 2 nitrogen and oxygen atoms in total. The van der Waals surface area contributed by atoms with E-state index in [-0.39, 0.29) is 5.82 Å². The molecule has 0 fully saturated rings. The highest BCUT2D eigenvalue weighted by atomic mass is 35.5. The zero-order chi connectivity index (χ0) is 13.1. The number of anilines is 2. The van der Waals surface area contributed by atoms with Crippen molar-refractivity contribution >= 4 is 34.6 Å². The van der Waals surface area contributed by atoms with Crippen molar-refractivity contribution < 1.29 is 4.39 Å². The fourth-order valence-corrected chi connectivity index (χ4v) is 1.86. The van der Waals surface area contributed by atoms with Gasteiger partial charge < -0.3 is 11.1 Å². The van der Waals surface area contributed by atoms with Crippen LogP contribution >= 0.6 is 23.2 Å². The smallest absolute Gasteiger partial charge is 0.125 e. The Morgan fingerprint density at radius 1 is 1.06 bits per heavy atom. The molecule has 0 aliphatic heterocycles. The van der Waals surface area contributed by atoms with E-state index in [1.54, 1.807) is 18.2 Å². The van der Waals surface area contributed by atoms with E-state index in [0.29, 0.717) is 28.0 Å². The molecule has 0 unspecified atom stereocenters. The van der Waals surface area contributed by atoms with E-state index in [4.69, 9.17) is 28.9 Å². The summed E-state index contributed by atoms with van der Waals surface area (Å²) in [5, 5.41) is 4.13. The molecule has 2 rings (SSSR count). The summed E-state index contributed by atoms with van der Waals surface area (Å²) in [5.41, 5.74) is 7.71. The molecule has 0 saturated carbocycles. The second-order valence-electron chi connectivity index (χ2n) is 3.83. The standard InChI is InChI=1S/C13H11Cl2FN2/c14-10-3-1-8(5-11(10)15)7-18-13-4-2-9(16)6-12(13)17/h1-6,18H,7,17H2. The fraction of sp³-hybridized carbons (Fsp3) is 0.0769. The van der Waals surface area contributed by atoms with Gasteiger partial charge in [-0.3, -0.25) is 0 Å². The lowest BCUT2D eigenvalue weighted by Gasteiger charge is -2.10. The lowest BCUT2D eigenvalue weighted by atomic mass is 10.2. The topological polar surface area (TPSA) is 38.0 Å². The molecule has 0 spiro atoms. The molecule has 3 N–H and O–H groups in total. The van der Waals surface area contributed by atoms with Crippen molar-refractivity contribution in [3.05, 3.63) is 57.8 Å². The van der Waals surface area contributed by atoms with Crippen molar-refractivity contribution in [2.45, 2.75) is 6.54 Å². The third kappa shape index (κ3) is 3.06. The minimum absolute atomic E-state index is 0.354. The van der Waals surface area contributed by atoms with Crippen LogP contribution in [0.5, 0.6) is 0 Å². The van der Waals surface area contributed by atoms with E-state index in [0.717, 1.165) is 5.56 Å². The first-order chi connectivity index (χ1) is 8.56. The summed E-state index contributed by atoms with van der Waals surface area (Å²) in [7, 11) is 0. The van der Waals surface area contributed by atoms with Crippen molar-refractivity contribution in [2.24, 2.45) is 0 Å². The number of benzene rings is 2.